The molecule has 0 unspecified atom stereocenters. The molecule has 0 spiro atoms. The van der Waals surface area contributed by atoms with Crippen molar-refractivity contribution in [2.24, 2.45) is 7.05 Å². The first-order chi connectivity index (χ1) is 19.0. The van der Waals surface area contributed by atoms with Gasteiger partial charge in [0.15, 0.2) is 0 Å². The van der Waals surface area contributed by atoms with Crippen LogP contribution in [-0.4, -0.2) is 9.78 Å². The Kier molecular flexibility index (Phi) is 15.5. The molecular weight excluding hydrogens is 578 g/mol. The van der Waals surface area contributed by atoms with Crippen LogP contribution in [0.25, 0.3) is 5.32 Å². The van der Waals surface area contributed by atoms with Gasteiger partial charge in [-0.05, 0) is 26.8 Å². The topological polar surface area (TPSA) is 31.9 Å². The van der Waals surface area contributed by atoms with Crippen LogP contribution in [-0.2, 0) is 38.8 Å². The van der Waals surface area contributed by atoms with Gasteiger partial charge in [0.25, 0.3) is 0 Å². The van der Waals surface area contributed by atoms with Gasteiger partial charge in [-0.2, -0.15) is 79.0 Å². The Morgan fingerprint density at radius 2 is 1.00 bits per heavy atom. The maximum absolute atomic E-state index is 4.94. The van der Waals surface area contributed by atoms with Gasteiger partial charge in [0.1, 0.15) is 0 Å². The van der Waals surface area contributed by atoms with Crippen LogP contribution < -0.4 is 0 Å². The molecule has 4 aromatic carbocycles. The number of hydrogen-bond acceptors (Lipinski definition) is 1. The number of benzene rings is 4. The molecule has 0 aliphatic rings. The summed E-state index contributed by atoms with van der Waals surface area (Å²) in [5.74, 6) is 0. The van der Waals surface area contributed by atoms with Crippen molar-refractivity contribution in [1.29, 1.82) is 0 Å². The van der Waals surface area contributed by atoms with E-state index < -0.39 is 0 Å². The van der Waals surface area contributed by atoms with Crippen LogP contribution >= 0.6 is 0 Å². The molecule has 0 fully saturated rings. The summed E-state index contributed by atoms with van der Waals surface area (Å²) in [4.78, 5) is 0. The molecule has 3 nitrogen and oxygen atoms in total. The van der Waals surface area contributed by atoms with Gasteiger partial charge in [-0.1, -0.05) is 66.4 Å². The molecule has 4 heteroatoms. The molecule has 0 bridgehead atoms. The Balaban J connectivity index is 0.000000313. The standard InChI is InChI=1S/C16H22N3.3C7H7.Zr/c1-11-9-12(2)15(13(3)10-11)17-16(4,5)14-7-8-19(6)18-14;3*1-7-5-3-2-4-6-7;/h7-10H,1-6H3;3*2-6H,1H2;/q4*-1;+3. The zero-order chi connectivity index (χ0) is 29.5. The maximum Gasteiger partial charge on any atom is 3.00 e. The van der Waals surface area contributed by atoms with Gasteiger partial charge >= 0.3 is 26.2 Å². The van der Waals surface area contributed by atoms with Gasteiger partial charge in [-0.15, -0.1) is 42.1 Å². The largest absolute Gasteiger partial charge is 3.00 e. The molecule has 1 heterocycles. The minimum absolute atomic E-state index is 0. The Hall–Kier alpha value is -3.62. The van der Waals surface area contributed by atoms with Crippen LogP contribution in [0.15, 0.2) is 115 Å². The van der Waals surface area contributed by atoms with Crippen molar-refractivity contribution in [1.82, 2.24) is 9.78 Å². The van der Waals surface area contributed by atoms with Crippen molar-refractivity contribution in [3.05, 3.63) is 181 Å². The summed E-state index contributed by atoms with van der Waals surface area (Å²) < 4.78 is 1.82. The van der Waals surface area contributed by atoms with Crippen LogP contribution in [0.2, 0.25) is 0 Å². The first kappa shape index (κ1) is 35.4. The van der Waals surface area contributed by atoms with Gasteiger partial charge in [-0.25, -0.2) is 0 Å². The van der Waals surface area contributed by atoms with Gasteiger partial charge < -0.3 is 5.32 Å². The molecule has 0 aliphatic heterocycles. The first-order valence-corrected chi connectivity index (χ1v) is 13.4. The predicted molar refractivity (Wildman–Crippen MR) is 173 cm³/mol. The van der Waals surface area contributed by atoms with Crippen molar-refractivity contribution < 1.29 is 26.2 Å². The molecule has 0 aliphatic carbocycles. The van der Waals surface area contributed by atoms with Crippen LogP contribution in [0.4, 0.5) is 5.69 Å². The third-order valence-electron chi connectivity index (χ3n) is 5.90. The summed E-state index contributed by atoms with van der Waals surface area (Å²) in [5.41, 5.74) is 8.71. The molecule has 211 valence electrons. The molecule has 0 atom stereocenters. The molecule has 0 saturated carbocycles. The van der Waals surface area contributed by atoms with Crippen molar-refractivity contribution in [3.8, 4) is 0 Å². The fourth-order valence-corrected chi connectivity index (χ4v) is 3.86. The third kappa shape index (κ3) is 13.5. The van der Waals surface area contributed by atoms with Crippen LogP contribution in [0, 0.1) is 41.5 Å². The van der Waals surface area contributed by atoms with E-state index in [0.29, 0.717) is 0 Å². The van der Waals surface area contributed by atoms with E-state index in [1.54, 1.807) is 0 Å². The SMILES string of the molecule is Cc1cc(C)c([N-]C(C)(C)c2ccn(C)n2)c(C)c1.[CH2-]c1ccccc1.[CH2-]c1ccccc1.[CH2-]c1ccccc1.[Zr+3]. The number of hydrogen-bond donors (Lipinski definition) is 0. The fraction of sp³-hybridized carbons (Fsp3) is 0.189. The predicted octanol–water partition coefficient (Wildman–Crippen LogP) is 9.89. The zero-order valence-corrected chi connectivity index (χ0v) is 27.9. The van der Waals surface area contributed by atoms with Gasteiger partial charge in [0.2, 0.25) is 0 Å². The average molecular weight is 621 g/mol. The molecule has 41 heavy (non-hydrogen) atoms. The monoisotopic (exact) mass is 619 g/mol. The van der Waals surface area contributed by atoms with Crippen molar-refractivity contribution >= 4 is 5.69 Å². The molecule has 5 aromatic rings. The maximum atomic E-state index is 4.94. The third-order valence-corrected chi connectivity index (χ3v) is 5.90. The summed E-state index contributed by atoms with van der Waals surface area (Å²) in [7, 11) is 1.93. The van der Waals surface area contributed by atoms with Gasteiger partial charge in [0, 0.05) is 13.2 Å². The van der Waals surface area contributed by atoms with Crippen LogP contribution in [0.3, 0.4) is 0 Å². The zero-order valence-electron chi connectivity index (χ0n) is 25.4. The van der Waals surface area contributed by atoms with E-state index in [9.17, 15) is 0 Å². The quantitative estimate of drug-likeness (QED) is 0.185. The van der Waals surface area contributed by atoms with E-state index in [-0.39, 0.29) is 31.7 Å². The Morgan fingerprint density at radius 3 is 1.27 bits per heavy atom. The Bertz CT molecular complexity index is 1280. The van der Waals surface area contributed by atoms with E-state index in [1.807, 2.05) is 115 Å². The number of aryl methyl sites for hydroxylation is 4. The van der Waals surface area contributed by atoms with Gasteiger partial charge in [-0.3, -0.25) is 4.68 Å². The molecule has 0 saturated heterocycles. The first-order valence-electron chi connectivity index (χ1n) is 13.4. The summed E-state index contributed by atoms with van der Waals surface area (Å²) in [5, 5.41) is 9.42. The van der Waals surface area contributed by atoms with E-state index in [4.69, 9.17) is 5.32 Å². The minimum atomic E-state index is -0.313. The molecule has 0 N–H and O–H groups in total. The number of rotatable bonds is 3. The Labute approximate surface area is 268 Å². The van der Waals surface area contributed by atoms with E-state index in [2.05, 4.69) is 72.6 Å². The summed E-state index contributed by atoms with van der Waals surface area (Å²) >= 11 is 0. The summed E-state index contributed by atoms with van der Waals surface area (Å²) in [6.07, 6.45) is 1.96. The van der Waals surface area contributed by atoms with Crippen LogP contribution in [0.1, 0.15) is 52.9 Å². The smallest absolute Gasteiger partial charge is 0.674 e. The van der Waals surface area contributed by atoms with Gasteiger partial charge in [0.05, 0.1) is 5.69 Å². The van der Waals surface area contributed by atoms with Crippen LogP contribution in [0.5, 0.6) is 0 Å². The fourth-order valence-electron chi connectivity index (χ4n) is 3.86. The molecular formula is C37H43N3Zr-. The summed E-state index contributed by atoms with van der Waals surface area (Å²) in [6.45, 7) is 21.7. The van der Waals surface area contributed by atoms with Crippen molar-refractivity contribution in [2.75, 3.05) is 0 Å². The number of aromatic nitrogens is 2. The second-order valence-electron chi connectivity index (χ2n) is 10.2. The Morgan fingerprint density at radius 1 is 0.634 bits per heavy atom. The summed E-state index contributed by atoms with van der Waals surface area (Å²) in [6, 6.07) is 36.0. The average Bonchev–Trinajstić information content (AvgIpc) is 3.36. The van der Waals surface area contributed by atoms with E-state index >= 15 is 0 Å². The number of nitrogens with zero attached hydrogens (tertiary/aromatic N) is 3. The van der Waals surface area contributed by atoms with Crippen molar-refractivity contribution in [3.63, 3.8) is 0 Å². The minimum Gasteiger partial charge on any atom is -0.674 e. The molecule has 1 radical (unpaired) electrons. The van der Waals surface area contributed by atoms with E-state index in [1.165, 1.54) is 16.7 Å². The molecule has 5 rings (SSSR count). The normalized spacial score (nSPS) is 9.80. The van der Waals surface area contributed by atoms with E-state index in [0.717, 1.165) is 28.1 Å². The second-order valence-corrected chi connectivity index (χ2v) is 10.2. The second kappa shape index (κ2) is 17.9. The van der Waals surface area contributed by atoms with Crippen molar-refractivity contribution in [2.45, 2.75) is 40.2 Å². The molecule has 0 amide bonds. The molecule has 1 aromatic heterocycles.